The summed E-state index contributed by atoms with van der Waals surface area (Å²) in [5, 5.41) is 0. The Labute approximate surface area is 84.1 Å². The van der Waals surface area contributed by atoms with Crippen molar-refractivity contribution in [2.75, 3.05) is 0 Å². The normalized spacial score (nSPS) is 18.3. The molecular weight excluding hydrogens is 177 g/mol. The molecule has 0 radical (unpaired) electrons. The molecule has 76 valence electrons. The van der Waals surface area contributed by atoms with E-state index in [0.29, 0.717) is 0 Å². The Hall–Kier alpha value is -0.890. The van der Waals surface area contributed by atoms with Gasteiger partial charge >= 0.3 is 0 Å². The SMILES string of the molecule is CCc1cc(C2(N)CC2)c(C)cc1F. The Morgan fingerprint density at radius 1 is 1.43 bits per heavy atom. The van der Waals surface area contributed by atoms with E-state index in [9.17, 15) is 4.39 Å². The van der Waals surface area contributed by atoms with Crippen molar-refractivity contribution >= 4 is 0 Å². The first kappa shape index (κ1) is 9.66. The highest BCUT2D eigenvalue weighted by atomic mass is 19.1. The molecule has 1 nitrogen and oxygen atoms in total. The quantitative estimate of drug-likeness (QED) is 0.767. The summed E-state index contributed by atoms with van der Waals surface area (Å²) in [4.78, 5) is 0. The summed E-state index contributed by atoms with van der Waals surface area (Å²) in [6, 6.07) is 3.55. The van der Waals surface area contributed by atoms with Crippen LogP contribution in [0.3, 0.4) is 0 Å². The molecule has 0 atom stereocenters. The molecule has 0 spiro atoms. The Kier molecular flexibility index (Phi) is 2.11. The number of nitrogens with two attached hydrogens (primary N) is 1. The standard InChI is InChI=1S/C12H16FN/c1-3-9-7-10(12(14)4-5-12)8(2)6-11(9)13/h6-7H,3-5,14H2,1-2H3. The van der Waals surface area contributed by atoms with Crippen molar-refractivity contribution in [2.45, 2.75) is 38.6 Å². The van der Waals surface area contributed by atoms with Crippen molar-refractivity contribution < 1.29 is 4.39 Å². The van der Waals surface area contributed by atoms with Gasteiger partial charge in [0, 0.05) is 5.54 Å². The molecule has 14 heavy (non-hydrogen) atoms. The van der Waals surface area contributed by atoms with E-state index >= 15 is 0 Å². The smallest absolute Gasteiger partial charge is 0.126 e. The molecule has 1 aliphatic rings. The summed E-state index contributed by atoms with van der Waals surface area (Å²) in [6.45, 7) is 3.90. The number of benzene rings is 1. The van der Waals surface area contributed by atoms with Crippen molar-refractivity contribution in [1.82, 2.24) is 0 Å². The third kappa shape index (κ3) is 1.44. The summed E-state index contributed by atoms with van der Waals surface area (Å²) < 4.78 is 13.4. The van der Waals surface area contributed by atoms with Gasteiger partial charge in [-0.1, -0.05) is 13.0 Å². The first-order chi connectivity index (χ1) is 6.57. The molecule has 2 rings (SSSR count). The maximum atomic E-state index is 13.4. The lowest BCUT2D eigenvalue weighted by molar-refractivity contribution is 0.606. The minimum atomic E-state index is -0.151. The van der Waals surface area contributed by atoms with Gasteiger partial charge in [0.05, 0.1) is 0 Å². The molecule has 0 unspecified atom stereocenters. The van der Waals surface area contributed by atoms with Crippen LogP contribution in [0.15, 0.2) is 12.1 Å². The van der Waals surface area contributed by atoms with E-state index < -0.39 is 0 Å². The summed E-state index contributed by atoms with van der Waals surface area (Å²) in [7, 11) is 0. The van der Waals surface area contributed by atoms with Crippen LogP contribution in [0.1, 0.15) is 36.5 Å². The Bertz CT molecular complexity index is 367. The molecule has 0 bridgehead atoms. The van der Waals surface area contributed by atoms with Gasteiger partial charge in [-0.15, -0.1) is 0 Å². The number of halogens is 1. The van der Waals surface area contributed by atoms with Crippen LogP contribution in [-0.4, -0.2) is 0 Å². The third-order valence-electron chi connectivity index (χ3n) is 3.10. The molecule has 0 amide bonds. The molecule has 0 aliphatic heterocycles. The zero-order valence-corrected chi connectivity index (χ0v) is 8.73. The third-order valence-corrected chi connectivity index (χ3v) is 3.10. The number of hydrogen-bond donors (Lipinski definition) is 1. The lowest BCUT2D eigenvalue weighted by Gasteiger charge is -2.14. The van der Waals surface area contributed by atoms with E-state index in [1.165, 1.54) is 0 Å². The van der Waals surface area contributed by atoms with Crippen LogP contribution in [-0.2, 0) is 12.0 Å². The number of aryl methyl sites for hydroxylation is 2. The summed E-state index contributed by atoms with van der Waals surface area (Å²) in [6.07, 6.45) is 2.79. The maximum absolute atomic E-state index is 13.4. The van der Waals surface area contributed by atoms with E-state index in [1.54, 1.807) is 6.07 Å². The molecule has 0 aromatic heterocycles. The van der Waals surface area contributed by atoms with Gasteiger partial charge in [-0.3, -0.25) is 0 Å². The van der Waals surface area contributed by atoms with Crippen LogP contribution >= 0.6 is 0 Å². The lowest BCUT2D eigenvalue weighted by atomic mass is 9.96. The van der Waals surface area contributed by atoms with Gasteiger partial charge in [-0.25, -0.2) is 4.39 Å². The van der Waals surface area contributed by atoms with E-state index in [4.69, 9.17) is 5.73 Å². The summed E-state index contributed by atoms with van der Waals surface area (Å²) >= 11 is 0. The Morgan fingerprint density at radius 2 is 2.07 bits per heavy atom. The van der Waals surface area contributed by atoms with Gasteiger partial charge in [0.2, 0.25) is 0 Å². The highest BCUT2D eigenvalue weighted by Crippen LogP contribution is 2.44. The predicted molar refractivity (Wildman–Crippen MR) is 55.6 cm³/mol. The van der Waals surface area contributed by atoms with Gasteiger partial charge in [0.25, 0.3) is 0 Å². The fourth-order valence-corrected chi connectivity index (χ4v) is 1.93. The van der Waals surface area contributed by atoms with E-state index in [2.05, 4.69) is 0 Å². The molecule has 1 aliphatic carbocycles. The second kappa shape index (κ2) is 3.06. The van der Waals surface area contributed by atoms with Crippen molar-refractivity contribution in [3.05, 3.63) is 34.6 Å². The molecule has 1 saturated carbocycles. The average molecular weight is 193 g/mol. The Morgan fingerprint density at radius 3 is 2.57 bits per heavy atom. The van der Waals surface area contributed by atoms with Crippen LogP contribution in [0.4, 0.5) is 4.39 Å². The molecule has 1 aromatic carbocycles. The molecule has 2 N–H and O–H groups in total. The van der Waals surface area contributed by atoms with Gasteiger partial charge in [-0.05, 0) is 48.9 Å². The zero-order valence-electron chi connectivity index (χ0n) is 8.73. The van der Waals surface area contributed by atoms with Gasteiger partial charge in [0.1, 0.15) is 5.82 Å². The second-order valence-corrected chi connectivity index (χ2v) is 4.27. The molecule has 0 saturated heterocycles. The lowest BCUT2D eigenvalue weighted by Crippen LogP contribution is -2.20. The molecule has 1 fully saturated rings. The fraction of sp³-hybridized carbons (Fsp3) is 0.500. The maximum Gasteiger partial charge on any atom is 0.126 e. The van der Waals surface area contributed by atoms with E-state index in [-0.39, 0.29) is 11.4 Å². The topological polar surface area (TPSA) is 26.0 Å². The average Bonchev–Trinajstić information content (AvgIpc) is 2.85. The van der Waals surface area contributed by atoms with Crippen molar-refractivity contribution in [3.8, 4) is 0 Å². The zero-order chi connectivity index (χ0) is 10.3. The highest BCUT2D eigenvalue weighted by molar-refractivity contribution is 5.40. The van der Waals surface area contributed by atoms with Gasteiger partial charge in [0.15, 0.2) is 0 Å². The van der Waals surface area contributed by atoms with Crippen LogP contribution in [0.5, 0.6) is 0 Å². The minimum absolute atomic E-state index is 0.0991. The predicted octanol–water partition coefficient (Wildman–Crippen LogP) is 2.64. The van der Waals surface area contributed by atoms with Crippen molar-refractivity contribution in [3.63, 3.8) is 0 Å². The second-order valence-electron chi connectivity index (χ2n) is 4.27. The van der Waals surface area contributed by atoms with Gasteiger partial charge in [-0.2, -0.15) is 0 Å². The van der Waals surface area contributed by atoms with E-state index in [1.807, 2.05) is 19.9 Å². The van der Waals surface area contributed by atoms with Crippen LogP contribution in [0, 0.1) is 12.7 Å². The molecule has 2 heteroatoms. The largest absolute Gasteiger partial charge is 0.321 e. The van der Waals surface area contributed by atoms with Crippen LogP contribution < -0.4 is 5.73 Å². The summed E-state index contributed by atoms with van der Waals surface area (Å²) in [5.74, 6) is -0.0991. The number of hydrogen-bond acceptors (Lipinski definition) is 1. The first-order valence-electron chi connectivity index (χ1n) is 5.15. The highest BCUT2D eigenvalue weighted by Gasteiger charge is 2.41. The van der Waals surface area contributed by atoms with Crippen LogP contribution in [0.2, 0.25) is 0 Å². The summed E-state index contributed by atoms with van der Waals surface area (Å²) in [5.41, 5.74) is 8.87. The van der Waals surface area contributed by atoms with E-state index in [0.717, 1.165) is 36.0 Å². The Balaban J connectivity index is 2.50. The minimum Gasteiger partial charge on any atom is -0.321 e. The monoisotopic (exact) mass is 193 g/mol. The number of rotatable bonds is 2. The molecule has 0 heterocycles. The molecule has 1 aromatic rings. The van der Waals surface area contributed by atoms with Crippen molar-refractivity contribution in [1.29, 1.82) is 0 Å². The fourth-order valence-electron chi connectivity index (χ4n) is 1.93. The van der Waals surface area contributed by atoms with Crippen LogP contribution in [0.25, 0.3) is 0 Å². The van der Waals surface area contributed by atoms with Crippen molar-refractivity contribution in [2.24, 2.45) is 5.73 Å². The first-order valence-corrected chi connectivity index (χ1v) is 5.15. The molecular formula is C12H16FN. The van der Waals surface area contributed by atoms with Gasteiger partial charge < -0.3 is 5.73 Å².